The summed E-state index contributed by atoms with van der Waals surface area (Å²) in [7, 11) is 0. The molecule has 20 heavy (non-hydrogen) atoms. The molecule has 2 nitrogen and oxygen atoms in total. The fourth-order valence-corrected chi connectivity index (χ4v) is 2.42. The molecule has 108 valence electrons. The average Bonchev–Trinajstić information content (AvgIpc) is 2.49. The Hall–Kier alpha value is -1.37. The van der Waals surface area contributed by atoms with Crippen molar-refractivity contribution in [3.63, 3.8) is 0 Å². The first-order valence-corrected chi connectivity index (χ1v) is 7.29. The Labute approximate surface area is 120 Å². The summed E-state index contributed by atoms with van der Waals surface area (Å²) in [6.07, 6.45) is 6.76. The third-order valence-electron chi connectivity index (χ3n) is 3.53. The first kappa shape index (κ1) is 15.0. The van der Waals surface area contributed by atoms with Crippen LogP contribution in [0.3, 0.4) is 0 Å². The van der Waals surface area contributed by atoms with Crippen molar-refractivity contribution in [1.29, 1.82) is 0 Å². The van der Waals surface area contributed by atoms with Crippen LogP contribution in [0.4, 0.5) is 4.39 Å². The van der Waals surface area contributed by atoms with Crippen LogP contribution in [0.5, 0.6) is 0 Å². The molecule has 1 fully saturated rings. The van der Waals surface area contributed by atoms with Crippen molar-refractivity contribution in [2.45, 2.75) is 51.2 Å². The van der Waals surface area contributed by atoms with Crippen LogP contribution in [0.1, 0.15) is 49.7 Å². The molecule has 3 heteroatoms. The second kappa shape index (κ2) is 8.04. The van der Waals surface area contributed by atoms with Gasteiger partial charge in [-0.2, -0.15) is 0 Å². The lowest BCUT2D eigenvalue weighted by Gasteiger charge is -2.22. The van der Waals surface area contributed by atoms with E-state index in [9.17, 15) is 4.39 Å². The van der Waals surface area contributed by atoms with Crippen LogP contribution in [0.15, 0.2) is 18.2 Å². The van der Waals surface area contributed by atoms with Gasteiger partial charge in [-0.25, -0.2) is 4.39 Å². The maximum absolute atomic E-state index is 13.6. The second-order valence-electron chi connectivity index (χ2n) is 5.16. The summed E-state index contributed by atoms with van der Waals surface area (Å²) < 4.78 is 19.5. The summed E-state index contributed by atoms with van der Waals surface area (Å²) in [5.74, 6) is 5.17. The van der Waals surface area contributed by atoms with Crippen LogP contribution in [0.25, 0.3) is 0 Å². The molecular weight excluding hydrogens is 255 g/mol. The SMILES string of the molecule is OCCC#Cc1cc(COC2CCCCC2)ccc1F. The van der Waals surface area contributed by atoms with Gasteiger partial charge in [0.05, 0.1) is 24.9 Å². The summed E-state index contributed by atoms with van der Waals surface area (Å²) in [5, 5.41) is 8.68. The normalized spacial score (nSPS) is 15.7. The molecule has 0 unspecified atom stereocenters. The molecule has 0 saturated heterocycles. The smallest absolute Gasteiger partial charge is 0.138 e. The molecule has 0 bridgehead atoms. The molecule has 0 heterocycles. The highest BCUT2D eigenvalue weighted by Gasteiger charge is 2.13. The molecular formula is C17H21FO2. The highest BCUT2D eigenvalue weighted by molar-refractivity contribution is 5.38. The topological polar surface area (TPSA) is 29.5 Å². The predicted molar refractivity (Wildman–Crippen MR) is 76.6 cm³/mol. The number of hydrogen-bond donors (Lipinski definition) is 1. The Morgan fingerprint density at radius 1 is 1.25 bits per heavy atom. The van der Waals surface area contributed by atoms with Crippen molar-refractivity contribution in [3.8, 4) is 11.8 Å². The summed E-state index contributed by atoms with van der Waals surface area (Å²) in [6.45, 7) is 0.513. The molecule has 1 N–H and O–H groups in total. The zero-order chi connectivity index (χ0) is 14.2. The third kappa shape index (κ3) is 4.63. The van der Waals surface area contributed by atoms with Crippen molar-refractivity contribution in [2.24, 2.45) is 0 Å². The van der Waals surface area contributed by atoms with E-state index < -0.39 is 0 Å². The quantitative estimate of drug-likeness (QED) is 0.854. The second-order valence-corrected chi connectivity index (χ2v) is 5.16. The first-order valence-electron chi connectivity index (χ1n) is 7.29. The Bertz CT molecular complexity index is 481. The lowest BCUT2D eigenvalue weighted by Crippen LogP contribution is -2.16. The van der Waals surface area contributed by atoms with Crippen LogP contribution < -0.4 is 0 Å². The number of hydrogen-bond acceptors (Lipinski definition) is 2. The van der Waals surface area contributed by atoms with E-state index in [1.807, 2.05) is 0 Å². The van der Waals surface area contributed by atoms with Gasteiger partial charge in [-0.3, -0.25) is 0 Å². The Kier molecular flexibility index (Phi) is 6.04. The molecule has 0 aromatic heterocycles. The van der Waals surface area contributed by atoms with Crippen LogP contribution in [-0.2, 0) is 11.3 Å². The minimum atomic E-state index is -0.322. The number of halogens is 1. The van der Waals surface area contributed by atoms with Gasteiger partial charge in [-0.15, -0.1) is 0 Å². The summed E-state index contributed by atoms with van der Waals surface area (Å²) in [5.41, 5.74) is 1.33. The summed E-state index contributed by atoms with van der Waals surface area (Å²) in [6, 6.07) is 4.92. The fraction of sp³-hybridized carbons (Fsp3) is 0.529. The maximum Gasteiger partial charge on any atom is 0.138 e. The standard InChI is InChI=1S/C17H21FO2/c18-17-10-9-14(12-15(17)6-4-5-11-19)13-20-16-7-2-1-3-8-16/h9-10,12,16,19H,1-3,5,7-8,11,13H2. The van der Waals surface area contributed by atoms with Crippen LogP contribution in [0, 0.1) is 17.7 Å². The highest BCUT2D eigenvalue weighted by Crippen LogP contribution is 2.21. The highest BCUT2D eigenvalue weighted by atomic mass is 19.1. The van der Waals surface area contributed by atoms with Gasteiger partial charge >= 0.3 is 0 Å². The maximum atomic E-state index is 13.6. The van der Waals surface area contributed by atoms with E-state index in [1.165, 1.54) is 25.3 Å². The van der Waals surface area contributed by atoms with Crippen molar-refractivity contribution >= 4 is 0 Å². The molecule has 0 atom stereocenters. The van der Waals surface area contributed by atoms with Crippen molar-refractivity contribution in [3.05, 3.63) is 35.1 Å². The van der Waals surface area contributed by atoms with Crippen molar-refractivity contribution < 1.29 is 14.2 Å². The number of ether oxygens (including phenoxy) is 1. The molecule has 0 amide bonds. The Morgan fingerprint density at radius 2 is 2.05 bits per heavy atom. The molecule has 1 aliphatic carbocycles. The first-order chi connectivity index (χ1) is 9.79. The molecule has 0 radical (unpaired) electrons. The summed E-state index contributed by atoms with van der Waals surface area (Å²) >= 11 is 0. The van der Waals surface area contributed by atoms with Crippen LogP contribution >= 0.6 is 0 Å². The Balaban J connectivity index is 1.94. The lowest BCUT2D eigenvalue weighted by molar-refractivity contribution is 0.0168. The van der Waals surface area contributed by atoms with Crippen LogP contribution in [0.2, 0.25) is 0 Å². The average molecular weight is 276 g/mol. The Morgan fingerprint density at radius 3 is 2.80 bits per heavy atom. The van der Waals surface area contributed by atoms with Gasteiger partial charge in [0.15, 0.2) is 0 Å². The molecule has 2 rings (SSSR count). The molecule has 1 aromatic rings. The van der Waals surface area contributed by atoms with Crippen molar-refractivity contribution in [1.82, 2.24) is 0 Å². The van der Waals surface area contributed by atoms with E-state index in [4.69, 9.17) is 9.84 Å². The monoisotopic (exact) mass is 276 g/mol. The van der Waals surface area contributed by atoms with Gasteiger partial charge in [0, 0.05) is 6.42 Å². The lowest BCUT2D eigenvalue weighted by atomic mass is 9.98. The van der Waals surface area contributed by atoms with Gasteiger partial charge in [0.25, 0.3) is 0 Å². The molecule has 0 aliphatic heterocycles. The fourth-order valence-electron chi connectivity index (χ4n) is 2.42. The van der Waals surface area contributed by atoms with Crippen molar-refractivity contribution in [2.75, 3.05) is 6.61 Å². The number of rotatable bonds is 4. The zero-order valence-electron chi connectivity index (χ0n) is 11.7. The zero-order valence-corrected chi connectivity index (χ0v) is 11.7. The third-order valence-corrected chi connectivity index (χ3v) is 3.53. The summed E-state index contributed by atoms with van der Waals surface area (Å²) in [4.78, 5) is 0. The van der Waals surface area contributed by atoms with Crippen LogP contribution in [-0.4, -0.2) is 17.8 Å². The van der Waals surface area contributed by atoms with E-state index in [0.717, 1.165) is 18.4 Å². The number of aliphatic hydroxyl groups is 1. The molecule has 1 saturated carbocycles. The van der Waals surface area contributed by atoms with Gasteiger partial charge < -0.3 is 9.84 Å². The predicted octanol–water partition coefficient (Wildman–Crippen LogP) is 3.41. The largest absolute Gasteiger partial charge is 0.395 e. The number of benzene rings is 1. The molecule has 1 aromatic carbocycles. The van der Waals surface area contributed by atoms with Gasteiger partial charge in [0.2, 0.25) is 0 Å². The van der Waals surface area contributed by atoms with E-state index in [-0.39, 0.29) is 12.4 Å². The van der Waals surface area contributed by atoms with Gasteiger partial charge in [-0.05, 0) is 30.5 Å². The minimum absolute atomic E-state index is 0.000892. The van der Waals surface area contributed by atoms with E-state index in [2.05, 4.69) is 11.8 Å². The molecule has 0 spiro atoms. The minimum Gasteiger partial charge on any atom is -0.395 e. The van der Waals surface area contributed by atoms with E-state index in [0.29, 0.717) is 24.7 Å². The van der Waals surface area contributed by atoms with Gasteiger partial charge in [-0.1, -0.05) is 37.2 Å². The molecule has 1 aliphatic rings. The number of aliphatic hydroxyl groups excluding tert-OH is 1. The van der Waals surface area contributed by atoms with E-state index in [1.54, 1.807) is 12.1 Å². The van der Waals surface area contributed by atoms with E-state index >= 15 is 0 Å². The van der Waals surface area contributed by atoms with Gasteiger partial charge in [0.1, 0.15) is 5.82 Å².